The summed E-state index contributed by atoms with van der Waals surface area (Å²) in [4.78, 5) is 30.8. The number of carboxylic acids is 1. The van der Waals surface area contributed by atoms with E-state index in [4.69, 9.17) is 5.11 Å². The van der Waals surface area contributed by atoms with Crippen molar-refractivity contribution >= 4 is 17.6 Å². The Bertz CT molecular complexity index is 545. The van der Waals surface area contributed by atoms with Gasteiger partial charge in [0.25, 0.3) is 5.91 Å². The van der Waals surface area contributed by atoms with Crippen LogP contribution in [-0.4, -0.2) is 53.5 Å². The normalized spacial score (nSPS) is 22.0. The van der Waals surface area contributed by atoms with Gasteiger partial charge in [0.1, 0.15) is 5.69 Å². The Morgan fingerprint density at radius 1 is 1.43 bits per heavy atom. The lowest BCUT2D eigenvalue weighted by Gasteiger charge is -2.38. The van der Waals surface area contributed by atoms with Crippen molar-refractivity contribution in [1.29, 1.82) is 0 Å². The molecule has 1 fully saturated rings. The zero-order valence-corrected chi connectivity index (χ0v) is 12.6. The van der Waals surface area contributed by atoms with E-state index in [-0.39, 0.29) is 17.9 Å². The maximum atomic E-state index is 12.0. The summed E-state index contributed by atoms with van der Waals surface area (Å²) in [6, 6.07) is 3.77. The Balaban J connectivity index is 2.17. The molecule has 2 heterocycles. The second kappa shape index (κ2) is 6.11. The number of hydrogen-bond acceptors (Lipinski definition) is 4. The van der Waals surface area contributed by atoms with E-state index in [1.807, 2.05) is 13.0 Å². The van der Waals surface area contributed by atoms with Crippen molar-refractivity contribution in [3.63, 3.8) is 0 Å². The largest absolute Gasteiger partial charge is 0.481 e. The van der Waals surface area contributed by atoms with Gasteiger partial charge in [-0.15, -0.1) is 0 Å². The van der Waals surface area contributed by atoms with Gasteiger partial charge in [0.05, 0.1) is 5.92 Å². The maximum absolute atomic E-state index is 12.0. The molecule has 1 aromatic rings. The van der Waals surface area contributed by atoms with Gasteiger partial charge in [-0.3, -0.25) is 14.6 Å². The summed E-state index contributed by atoms with van der Waals surface area (Å²) in [6.07, 6.45) is 2.87. The fourth-order valence-corrected chi connectivity index (χ4v) is 2.72. The van der Waals surface area contributed by atoms with Crippen molar-refractivity contribution in [2.24, 2.45) is 5.92 Å². The fourth-order valence-electron chi connectivity index (χ4n) is 2.72. The number of piperidine rings is 1. The average molecular weight is 291 g/mol. The number of nitrogens with zero attached hydrogens (tertiary/aromatic N) is 3. The maximum Gasteiger partial charge on any atom is 0.306 e. The number of anilines is 1. The van der Waals surface area contributed by atoms with Gasteiger partial charge in [-0.2, -0.15) is 0 Å². The van der Waals surface area contributed by atoms with Gasteiger partial charge in [-0.25, -0.2) is 0 Å². The molecule has 1 aliphatic rings. The zero-order chi connectivity index (χ0) is 15.6. The number of carboxylic acid groups (broad SMARTS) is 1. The van der Waals surface area contributed by atoms with Crippen LogP contribution in [-0.2, 0) is 4.79 Å². The Morgan fingerprint density at radius 3 is 2.71 bits per heavy atom. The lowest BCUT2D eigenvalue weighted by molar-refractivity contribution is -0.142. The van der Waals surface area contributed by atoms with E-state index in [9.17, 15) is 9.59 Å². The van der Waals surface area contributed by atoms with Crippen molar-refractivity contribution in [3.05, 3.63) is 24.0 Å². The summed E-state index contributed by atoms with van der Waals surface area (Å²) in [5.74, 6) is -1.13. The van der Waals surface area contributed by atoms with E-state index >= 15 is 0 Å². The van der Waals surface area contributed by atoms with Crippen molar-refractivity contribution in [2.45, 2.75) is 25.8 Å². The van der Waals surface area contributed by atoms with E-state index in [0.717, 1.165) is 5.69 Å². The number of aliphatic carboxylic acids is 1. The molecule has 2 rings (SSSR count). The van der Waals surface area contributed by atoms with Crippen LogP contribution in [0.2, 0.25) is 0 Å². The van der Waals surface area contributed by atoms with E-state index in [2.05, 4.69) is 9.88 Å². The van der Waals surface area contributed by atoms with Crippen LogP contribution in [0.15, 0.2) is 18.3 Å². The summed E-state index contributed by atoms with van der Waals surface area (Å²) >= 11 is 0. The van der Waals surface area contributed by atoms with Gasteiger partial charge in [0.15, 0.2) is 0 Å². The van der Waals surface area contributed by atoms with Gasteiger partial charge >= 0.3 is 5.97 Å². The van der Waals surface area contributed by atoms with Crippen LogP contribution in [0.3, 0.4) is 0 Å². The number of amides is 1. The molecular weight excluding hydrogens is 270 g/mol. The van der Waals surface area contributed by atoms with E-state index in [1.54, 1.807) is 26.4 Å². The zero-order valence-electron chi connectivity index (χ0n) is 12.6. The molecule has 0 aromatic carbocycles. The molecule has 2 atom stereocenters. The predicted octanol–water partition coefficient (Wildman–Crippen LogP) is 1.47. The standard InChI is InChI=1S/C15H21N3O3/c1-10-8-11(15(20)21)5-7-18(10)12-4-6-16-13(9-12)14(19)17(2)3/h4,6,9-11H,5,7-8H2,1-3H3,(H,20,21). The van der Waals surface area contributed by atoms with Crippen LogP contribution in [0.25, 0.3) is 0 Å². The topological polar surface area (TPSA) is 73.7 Å². The first-order valence-electron chi connectivity index (χ1n) is 7.07. The Kier molecular flexibility index (Phi) is 4.45. The van der Waals surface area contributed by atoms with Crippen LogP contribution >= 0.6 is 0 Å². The van der Waals surface area contributed by atoms with E-state index in [0.29, 0.717) is 25.1 Å². The number of hydrogen-bond donors (Lipinski definition) is 1. The summed E-state index contributed by atoms with van der Waals surface area (Å²) in [5.41, 5.74) is 1.33. The molecule has 21 heavy (non-hydrogen) atoms. The second-order valence-corrected chi connectivity index (χ2v) is 5.70. The first kappa shape index (κ1) is 15.3. The molecule has 6 heteroatoms. The molecule has 0 saturated carbocycles. The highest BCUT2D eigenvalue weighted by Gasteiger charge is 2.30. The monoisotopic (exact) mass is 291 g/mol. The number of pyridine rings is 1. The molecule has 6 nitrogen and oxygen atoms in total. The van der Waals surface area contributed by atoms with Gasteiger partial charge in [0, 0.05) is 38.6 Å². The molecule has 0 radical (unpaired) electrons. The fraction of sp³-hybridized carbons (Fsp3) is 0.533. The minimum absolute atomic E-state index is 0.129. The van der Waals surface area contributed by atoms with E-state index in [1.165, 1.54) is 4.90 Å². The lowest BCUT2D eigenvalue weighted by atomic mass is 9.91. The highest BCUT2D eigenvalue weighted by Crippen LogP contribution is 2.28. The van der Waals surface area contributed by atoms with Crippen LogP contribution in [0.5, 0.6) is 0 Å². The molecular formula is C15H21N3O3. The third kappa shape index (κ3) is 3.32. The van der Waals surface area contributed by atoms with Gasteiger partial charge < -0.3 is 14.9 Å². The van der Waals surface area contributed by atoms with Crippen LogP contribution < -0.4 is 4.90 Å². The molecule has 1 N–H and O–H groups in total. The highest BCUT2D eigenvalue weighted by atomic mass is 16.4. The molecule has 1 amide bonds. The van der Waals surface area contributed by atoms with Gasteiger partial charge in [-0.1, -0.05) is 0 Å². The molecule has 1 saturated heterocycles. The third-order valence-electron chi connectivity index (χ3n) is 3.93. The molecule has 0 aliphatic carbocycles. The van der Waals surface area contributed by atoms with Gasteiger partial charge in [0.2, 0.25) is 0 Å². The smallest absolute Gasteiger partial charge is 0.306 e. The Labute approximate surface area is 124 Å². The van der Waals surface area contributed by atoms with Crippen molar-refractivity contribution in [3.8, 4) is 0 Å². The van der Waals surface area contributed by atoms with Crippen molar-refractivity contribution in [1.82, 2.24) is 9.88 Å². The van der Waals surface area contributed by atoms with Crippen LogP contribution in [0.1, 0.15) is 30.3 Å². The Hall–Kier alpha value is -2.11. The number of carbonyl (C=O) groups excluding carboxylic acids is 1. The molecule has 2 unspecified atom stereocenters. The summed E-state index contributed by atoms with van der Waals surface area (Å²) in [6.45, 7) is 2.70. The highest BCUT2D eigenvalue weighted by molar-refractivity contribution is 5.92. The van der Waals surface area contributed by atoms with Crippen molar-refractivity contribution in [2.75, 3.05) is 25.5 Å². The molecule has 1 aromatic heterocycles. The number of rotatable bonds is 3. The predicted molar refractivity (Wildman–Crippen MR) is 79.4 cm³/mol. The van der Waals surface area contributed by atoms with Crippen molar-refractivity contribution < 1.29 is 14.7 Å². The minimum atomic E-state index is -0.722. The third-order valence-corrected chi connectivity index (χ3v) is 3.93. The summed E-state index contributed by atoms with van der Waals surface area (Å²) < 4.78 is 0. The average Bonchev–Trinajstić information content (AvgIpc) is 2.46. The number of aromatic nitrogens is 1. The number of carbonyl (C=O) groups is 2. The first-order valence-corrected chi connectivity index (χ1v) is 7.07. The summed E-state index contributed by atoms with van der Waals surface area (Å²) in [5, 5.41) is 9.11. The van der Waals surface area contributed by atoms with Gasteiger partial charge in [-0.05, 0) is 31.9 Å². The molecule has 1 aliphatic heterocycles. The van der Waals surface area contributed by atoms with Crippen LogP contribution in [0.4, 0.5) is 5.69 Å². The van der Waals surface area contributed by atoms with Crippen LogP contribution in [0, 0.1) is 5.92 Å². The summed E-state index contributed by atoms with van der Waals surface area (Å²) in [7, 11) is 3.38. The minimum Gasteiger partial charge on any atom is -0.481 e. The Morgan fingerprint density at radius 2 is 2.14 bits per heavy atom. The lowest BCUT2D eigenvalue weighted by Crippen LogP contribution is -2.43. The SMILES string of the molecule is CC1CC(C(=O)O)CCN1c1ccnc(C(=O)N(C)C)c1. The second-order valence-electron chi connectivity index (χ2n) is 5.70. The van der Waals surface area contributed by atoms with E-state index < -0.39 is 5.97 Å². The molecule has 0 bridgehead atoms. The quantitative estimate of drug-likeness (QED) is 0.913. The first-order chi connectivity index (χ1) is 9.90. The molecule has 114 valence electrons. The molecule has 0 spiro atoms.